The summed E-state index contributed by atoms with van der Waals surface area (Å²) in [4.78, 5) is 31.0. The number of anilines is 2. The Hall–Kier alpha value is -3.24. The van der Waals surface area contributed by atoms with Gasteiger partial charge in [0.1, 0.15) is 5.69 Å². The first-order valence-electron chi connectivity index (χ1n) is 11.4. The number of thioether (sulfide) groups is 1. The Morgan fingerprint density at radius 2 is 1.66 bits per heavy atom. The molecular formula is C25H26N4O4S2. The minimum atomic E-state index is -3.98. The van der Waals surface area contributed by atoms with Gasteiger partial charge in [-0.2, -0.15) is 0 Å². The number of pyridine rings is 1. The summed E-state index contributed by atoms with van der Waals surface area (Å²) in [6, 6.07) is 15.5. The smallest absolute Gasteiger partial charge is 0.277 e. The molecule has 5 rings (SSSR count). The summed E-state index contributed by atoms with van der Waals surface area (Å²) in [6.07, 6.45) is 2.90. The van der Waals surface area contributed by atoms with E-state index >= 15 is 0 Å². The largest absolute Gasteiger partial charge is 0.366 e. The fraction of sp³-hybridized carbons (Fsp3) is 0.280. The van der Waals surface area contributed by atoms with E-state index in [9.17, 15) is 18.0 Å². The molecule has 0 bridgehead atoms. The third-order valence-electron chi connectivity index (χ3n) is 6.36. The van der Waals surface area contributed by atoms with E-state index in [1.807, 2.05) is 40.1 Å². The van der Waals surface area contributed by atoms with Crippen LogP contribution in [0.15, 0.2) is 75.3 Å². The first kappa shape index (κ1) is 23.5. The number of allylic oxidation sites excluding steroid dienone is 1. The van der Waals surface area contributed by atoms with Gasteiger partial charge in [-0.3, -0.25) is 14.3 Å². The zero-order valence-electron chi connectivity index (χ0n) is 19.3. The Morgan fingerprint density at radius 1 is 0.971 bits per heavy atom. The molecule has 0 spiro atoms. The number of amides is 1. The summed E-state index contributed by atoms with van der Waals surface area (Å²) in [7, 11) is -2.35. The molecule has 1 fully saturated rings. The van der Waals surface area contributed by atoms with Gasteiger partial charge in [0.15, 0.2) is 0 Å². The number of nitrogens with one attached hydrogen (secondary N) is 1. The number of hydrogen-bond donors (Lipinski definition) is 1. The van der Waals surface area contributed by atoms with E-state index in [1.165, 1.54) is 16.7 Å². The zero-order valence-corrected chi connectivity index (χ0v) is 20.9. The number of benzene rings is 2. The number of hydrogen-bond acceptors (Lipinski definition) is 6. The molecule has 1 saturated heterocycles. The van der Waals surface area contributed by atoms with E-state index < -0.39 is 15.6 Å². The van der Waals surface area contributed by atoms with Gasteiger partial charge in [-0.15, -0.1) is 11.8 Å². The molecule has 2 aliphatic rings. The van der Waals surface area contributed by atoms with Gasteiger partial charge in [0.05, 0.1) is 21.0 Å². The van der Waals surface area contributed by atoms with Crippen molar-refractivity contribution in [1.82, 2.24) is 9.47 Å². The molecule has 3 heterocycles. The maximum absolute atomic E-state index is 13.4. The van der Waals surface area contributed by atoms with Crippen molar-refractivity contribution in [2.45, 2.75) is 11.3 Å². The van der Waals surface area contributed by atoms with E-state index in [0.29, 0.717) is 37.4 Å². The molecule has 0 atom stereocenters. The van der Waals surface area contributed by atoms with E-state index in [2.05, 4.69) is 4.72 Å². The number of sulfonamides is 1. The van der Waals surface area contributed by atoms with Gasteiger partial charge < -0.3 is 14.4 Å². The Kier molecular flexibility index (Phi) is 6.33. The molecule has 1 aromatic heterocycles. The van der Waals surface area contributed by atoms with Crippen molar-refractivity contribution >= 4 is 50.0 Å². The number of para-hydroxylation sites is 1. The molecule has 2 aliphatic heterocycles. The molecule has 2 aromatic carbocycles. The number of nitrogens with zero attached hydrogens (tertiary/aromatic N) is 3. The van der Waals surface area contributed by atoms with Crippen molar-refractivity contribution in [2.75, 3.05) is 41.6 Å². The van der Waals surface area contributed by atoms with E-state index in [-0.39, 0.29) is 16.5 Å². The molecule has 0 aliphatic carbocycles. The highest BCUT2D eigenvalue weighted by molar-refractivity contribution is 8.04. The Labute approximate surface area is 208 Å². The van der Waals surface area contributed by atoms with Crippen LogP contribution < -0.4 is 15.2 Å². The van der Waals surface area contributed by atoms with Crippen molar-refractivity contribution in [2.24, 2.45) is 7.05 Å². The summed E-state index contributed by atoms with van der Waals surface area (Å²) in [5, 5.41) is 0.772. The van der Waals surface area contributed by atoms with Crippen molar-refractivity contribution in [3.63, 3.8) is 0 Å². The number of carbonyl (C=O) groups is 1. The molecule has 182 valence electrons. The summed E-state index contributed by atoms with van der Waals surface area (Å²) < 4.78 is 30.4. The van der Waals surface area contributed by atoms with Crippen LogP contribution >= 0.6 is 11.8 Å². The number of fused-ring (bicyclic) bond motifs is 1. The molecule has 0 radical (unpaired) electrons. The second-order valence-electron chi connectivity index (χ2n) is 8.51. The van der Waals surface area contributed by atoms with Gasteiger partial charge in [-0.05, 0) is 24.6 Å². The predicted molar refractivity (Wildman–Crippen MR) is 140 cm³/mol. The van der Waals surface area contributed by atoms with Crippen molar-refractivity contribution < 1.29 is 13.2 Å². The number of rotatable bonds is 5. The highest BCUT2D eigenvalue weighted by Gasteiger charge is 2.29. The molecule has 8 nitrogen and oxygen atoms in total. The normalized spacial score (nSPS) is 16.4. The average molecular weight is 511 g/mol. The monoisotopic (exact) mass is 510 g/mol. The quantitative estimate of drug-likeness (QED) is 0.568. The molecule has 0 unspecified atom stereocenters. The number of aryl methyl sites for hydroxylation is 1. The fourth-order valence-electron chi connectivity index (χ4n) is 4.55. The summed E-state index contributed by atoms with van der Waals surface area (Å²) in [5.41, 5.74) is 0.846. The maximum Gasteiger partial charge on any atom is 0.277 e. The maximum atomic E-state index is 13.4. The van der Waals surface area contributed by atoms with Crippen LogP contribution in [0, 0.1) is 0 Å². The zero-order chi connectivity index (χ0) is 24.6. The van der Waals surface area contributed by atoms with E-state index in [4.69, 9.17) is 0 Å². The Bertz CT molecular complexity index is 1470. The lowest BCUT2D eigenvalue weighted by Crippen LogP contribution is -2.49. The summed E-state index contributed by atoms with van der Waals surface area (Å²) in [6.45, 7) is 1.96. The van der Waals surface area contributed by atoms with Gasteiger partial charge in [0, 0.05) is 44.4 Å². The van der Waals surface area contributed by atoms with Crippen LogP contribution in [0.25, 0.3) is 10.9 Å². The van der Waals surface area contributed by atoms with Crippen LogP contribution in [-0.2, 0) is 21.9 Å². The highest BCUT2D eigenvalue weighted by Crippen LogP contribution is 2.34. The van der Waals surface area contributed by atoms with E-state index in [1.54, 1.807) is 37.0 Å². The van der Waals surface area contributed by atoms with Crippen LogP contribution in [0.3, 0.4) is 0 Å². The van der Waals surface area contributed by atoms with Gasteiger partial charge in [-0.25, -0.2) is 8.42 Å². The summed E-state index contributed by atoms with van der Waals surface area (Å²) in [5.74, 6) is 0.983. The van der Waals surface area contributed by atoms with Gasteiger partial charge in [-0.1, -0.05) is 42.5 Å². The molecule has 35 heavy (non-hydrogen) atoms. The van der Waals surface area contributed by atoms with Crippen LogP contribution in [0.4, 0.5) is 11.4 Å². The second kappa shape index (κ2) is 9.43. The molecule has 1 N–H and O–H groups in total. The summed E-state index contributed by atoms with van der Waals surface area (Å²) >= 11 is 1.59. The van der Waals surface area contributed by atoms with Crippen LogP contribution in [0.1, 0.15) is 6.42 Å². The molecule has 0 saturated carbocycles. The molecule has 1 amide bonds. The standard InChI is InChI=1S/C25H26N4O4S2/c1-27-20-11-6-5-10-19(20)23(22(25(27)31)26-35(32,33)18-8-3-2-4-9-18)28-13-15-29(16-14-28)24(30)21-12-7-17-34-21/h2-6,8-12,26H,7,13-17H2,1H3. The van der Waals surface area contributed by atoms with E-state index in [0.717, 1.165) is 22.5 Å². The topological polar surface area (TPSA) is 91.7 Å². The second-order valence-corrected chi connectivity index (χ2v) is 11.3. The van der Waals surface area contributed by atoms with Gasteiger partial charge in [0.25, 0.3) is 21.5 Å². The third-order valence-corrected chi connectivity index (χ3v) is 8.82. The minimum Gasteiger partial charge on any atom is -0.366 e. The van der Waals surface area contributed by atoms with Crippen molar-refractivity contribution in [1.29, 1.82) is 0 Å². The lowest BCUT2D eigenvalue weighted by atomic mass is 10.1. The van der Waals surface area contributed by atoms with Gasteiger partial charge >= 0.3 is 0 Å². The van der Waals surface area contributed by atoms with Gasteiger partial charge in [0.2, 0.25) is 0 Å². The third kappa shape index (κ3) is 4.43. The highest BCUT2D eigenvalue weighted by atomic mass is 32.2. The number of carbonyl (C=O) groups excluding carboxylic acids is 1. The molecular weight excluding hydrogens is 484 g/mol. The minimum absolute atomic E-state index is 0.0175. The predicted octanol–water partition coefficient (Wildman–Crippen LogP) is 3.01. The molecule has 10 heteroatoms. The first-order chi connectivity index (χ1) is 16.9. The van der Waals surface area contributed by atoms with Crippen molar-refractivity contribution in [3.8, 4) is 0 Å². The lowest BCUT2D eigenvalue weighted by molar-refractivity contribution is -0.126. The SMILES string of the molecule is Cn1c(=O)c(NS(=O)(=O)c2ccccc2)c(N2CCN(C(=O)C3=CCCS3)CC2)c2ccccc21. The average Bonchev–Trinajstić information content (AvgIpc) is 3.43. The van der Waals surface area contributed by atoms with Crippen LogP contribution in [0.2, 0.25) is 0 Å². The number of aromatic nitrogens is 1. The van der Waals surface area contributed by atoms with Crippen molar-refractivity contribution in [3.05, 3.63) is 75.9 Å². The Balaban J connectivity index is 1.54. The van der Waals surface area contributed by atoms with Crippen LogP contribution in [0.5, 0.6) is 0 Å². The van der Waals surface area contributed by atoms with Crippen LogP contribution in [-0.4, -0.2) is 55.7 Å². The Morgan fingerprint density at radius 3 is 2.34 bits per heavy atom. The lowest BCUT2D eigenvalue weighted by Gasteiger charge is -2.37. The number of piperazine rings is 1. The molecule has 3 aromatic rings. The fourth-order valence-corrected chi connectivity index (χ4v) is 6.58. The first-order valence-corrected chi connectivity index (χ1v) is 13.9.